The average molecular weight is 280 g/mol. The molecule has 1 aromatic rings. The predicted octanol–water partition coefficient (Wildman–Crippen LogP) is 2.56. The van der Waals surface area contributed by atoms with Crippen LogP contribution < -0.4 is 10.6 Å². The fourth-order valence-electron chi connectivity index (χ4n) is 2.97. The van der Waals surface area contributed by atoms with E-state index in [-0.39, 0.29) is 6.03 Å². The zero-order chi connectivity index (χ0) is 13.2. The van der Waals surface area contributed by atoms with Gasteiger partial charge in [-0.25, -0.2) is 4.79 Å². The zero-order valence-corrected chi connectivity index (χ0v) is 11.5. The Morgan fingerprint density at radius 1 is 1.37 bits per heavy atom. The maximum absolute atomic E-state index is 12.2. The summed E-state index contributed by atoms with van der Waals surface area (Å²) in [6, 6.07) is 7.73. The lowest BCUT2D eigenvalue weighted by molar-refractivity contribution is 0.220. The maximum atomic E-state index is 12.2. The van der Waals surface area contributed by atoms with Crippen molar-refractivity contribution < 1.29 is 4.79 Å². The molecule has 19 heavy (non-hydrogen) atoms. The molecule has 3 rings (SSSR count). The van der Waals surface area contributed by atoms with Crippen LogP contribution in [0.15, 0.2) is 24.3 Å². The molecule has 2 aliphatic rings. The quantitative estimate of drug-likeness (QED) is 0.830. The maximum Gasteiger partial charge on any atom is 0.321 e. The van der Waals surface area contributed by atoms with Crippen molar-refractivity contribution in [3.63, 3.8) is 0 Å². The monoisotopic (exact) mass is 279 g/mol. The first kappa shape index (κ1) is 12.8. The highest BCUT2D eigenvalue weighted by Gasteiger charge is 2.36. The summed E-state index contributed by atoms with van der Waals surface area (Å²) in [5, 5.41) is 6.96. The average Bonchev–Trinajstić information content (AvgIpc) is 2.85. The van der Waals surface area contributed by atoms with Crippen LogP contribution in [0.5, 0.6) is 0 Å². The van der Waals surface area contributed by atoms with E-state index >= 15 is 0 Å². The number of halogens is 1. The summed E-state index contributed by atoms with van der Waals surface area (Å²) < 4.78 is 0. The summed E-state index contributed by atoms with van der Waals surface area (Å²) in [5.41, 5.74) is 0.678. The van der Waals surface area contributed by atoms with Gasteiger partial charge in [0.1, 0.15) is 0 Å². The molecule has 0 bridgehead atoms. The van der Waals surface area contributed by atoms with E-state index in [1.165, 1.54) is 12.8 Å². The summed E-state index contributed by atoms with van der Waals surface area (Å²) in [7, 11) is 0. The van der Waals surface area contributed by atoms with Crippen molar-refractivity contribution in [3.05, 3.63) is 29.3 Å². The number of anilines is 1. The Labute approximate surface area is 118 Å². The van der Waals surface area contributed by atoms with Crippen LogP contribution in [0.25, 0.3) is 0 Å². The van der Waals surface area contributed by atoms with Crippen LogP contribution in [0.3, 0.4) is 0 Å². The molecule has 5 heteroatoms. The molecule has 2 aliphatic heterocycles. The number of hydrogen-bond donors (Lipinski definition) is 2. The van der Waals surface area contributed by atoms with E-state index in [0.29, 0.717) is 22.7 Å². The number of urea groups is 1. The minimum atomic E-state index is -0.0516. The Hall–Kier alpha value is -1.26. The second-order valence-corrected chi connectivity index (χ2v) is 5.69. The lowest BCUT2D eigenvalue weighted by Gasteiger charge is -2.24. The Bertz CT molecular complexity index is 466. The number of nitrogens with one attached hydrogen (secondary N) is 2. The van der Waals surface area contributed by atoms with Crippen LogP contribution in [0.1, 0.15) is 12.8 Å². The molecule has 2 amide bonds. The standard InChI is InChI=1S/C14H18ClN3O/c15-11-5-1-2-6-12(11)17-14(19)18-8-10-4-3-7-16-13(10)9-18/h1-2,5-6,10,13,16H,3-4,7-9H2,(H,17,19). The van der Waals surface area contributed by atoms with Crippen LogP contribution in [-0.4, -0.2) is 36.6 Å². The second-order valence-electron chi connectivity index (χ2n) is 5.28. The number of para-hydroxylation sites is 1. The van der Waals surface area contributed by atoms with Gasteiger partial charge in [0.25, 0.3) is 0 Å². The van der Waals surface area contributed by atoms with Gasteiger partial charge in [0.2, 0.25) is 0 Å². The van der Waals surface area contributed by atoms with E-state index in [1.54, 1.807) is 6.07 Å². The van der Waals surface area contributed by atoms with Crippen molar-refractivity contribution in [2.45, 2.75) is 18.9 Å². The van der Waals surface area contributed by atoms with Gasteiger partial charge in [-0.2, -0.15) is 0 Å². The van der Waals surface area contributed by atoms with Gasteiger partial charge in [0.15, 0.2) is 0 Å². The number of carbonyl (C=O) groups is 1. The molecule has 2 unspecified atom stereocenters. The molecular weight excluding hydrogens is 262 g/mol. The van der Waals surface area contributed by atoms with Gasteiger partial charge < -0.3 is 15.5 Å². The highest BCUT2D eigenvalue weighted by atomic mass is 35.5. The zero-order valence-electron chi connectivity index (χ0n) is 10.7. The van der Waals surface area contributed by atoms with Crippen LogP contribution in [0.4, 0.5) is 10.5 Å². The lowest BCUT2D eigenvalue weighted by atomic mass is 9.94. The molecule has 4 nitrogen and oxygen atoms in total. The summed E-state index contributed by atoms with van der Waals surface area (Å²) in [4.78, 5) is 14.1. The topological polar surface area (TPSA) is 44.4 Å². The molecule has 102 valence electrons. The third-order valence-corrected chi connectivity index (χ3v) is 4.33. The molecule has 0 radical (unpaired) electrons. The minimum absolute atomic E-state index is 0.0516. The van der Waals surface area contributed by atoms with E-state index < -0.39 is 0 Å². The van der Waals surface area contributed by atoms with Gasteiger partial charge in [0.05, 0.1) is 10.7 Å². The summed E-state index contributed by atoms with van der Waals surface area (Å²) in [6.07, 6.45) is 2.43. The van der Waals surface area contributed by atoms with Crippen LogP contribution >= 0.6 is 11.6 Å². The number of rotatable bonds is 1. The first-order chi connectivity index (χ1) is 9.24. The van der Waals surface area contributed by atoms with Gasteiger partial charge in [-0.15, -0.1) is 0 Å². The molecule has 2 saturated heterocycles. The minimum Gasteiger partial charge on any atom is -0.323 e. The lowest BCUT2D eigenvalue weighted by Crippen LogP contribution is -2.41. The molecule has 0 aliphatic carbocycles. The fourth-order valence-corrected chi connectivity index (χ4v) is 3.15. The number of hydrogen-bond acceptors (Lipinski definition) is 2. The molecule has 0 saturated carbocycles. The first-order valence-corrected chi connectivity index (χ1v) is 7.15. The first-order valence-electron chi connectivity index (χ1n) is 6.78. The van der Waals surface area contributed by atoms with Crippen molar-refractivity contribution in [2.75, 3.05) is 25.0 Å². The normalized spacial score (nSPS) is 26.1. The Morgan fingerprint density at radius 2 is 2.21 bits per heavy atom. The van der Waals surface area contributed by atoms with E-state index in [4.69, 9.17) is 11.6 Å². The van der Waals surface area contributed by atoms with Gasteiger partial charge in [-0.3, -0.25) is 0 Å². The highest BCUT2D eigenvalue weighted by molar-refractivity contribution is 6.33. The van der Waals surface area contributed by atoms with Gasteiger partial charge in [-0.1, -0.05) is 23.7 Å². The molecule has 2 atom stereocenters. The summed E-state index contributed by atoms with van der Waals surface area (Å²) in [5.74, 6) is 0.603. The van der Waals surface area contributed by atoms with Crippen LogP contribution in [0, 0.1) is 5.92 Å². The third-order valence-electron chi connectivity index (χ3n) is 4.00. The number of nitrogens with zero attached hydrogens (tertiary/aromatic N) is 1. The van der Waals surface area contributed by atoms with E-state index in [1.807, 2.05) is 23.1 Å². The molecule has 0 spiro atoms. The highest BCUT2D eigenvalue weighted by Crippen LogP contribution is 2.26. The van der Waals surface area contributed by atoms with Crippen molar-refractivity contribution in [2.24, 2.45) is 5.92 Å². The van der Waals surface area contributed by atoms with Crippen LogP contribution in [0.2, 0.25) is 5.02 Å². The van der Waals surface area contributed by atoms with E-state index in [9.17, 15) is 4.79 Å². The summed E-state index contributed by atoms with van der Waals surface area (Å²) >= 11 is 6.05. The molecule has 1 aromatic carbocycles. The summed E-state index contributed by atoms with van der Waals surface area (Å²) in [6.45, 7) is 2.70. The van der Waals surface area contributed by atoms with Crippen LogP contribution in [-0.2, 0) is 0 Å². The van der Waals surface area contributed by atoms with E-state index in [0.717, 1.165) is 19.6 Å². The van der Waals surface area contributed by atoms with Crippen molar-refractivity contribution in [1.29, 1.82) is 0 Å². The van der Waals surface area contributed by atoms with Gasteiger partial charge >= 0.3 is 6.03 Å². The number of piperidine rings is 1. The third kappa shape index (κ3) is 2.69. The van der Waals surface area contributed by atoms with Gasteiger partial charge in [0, 0.05) is 19.1 Å². The molecular formula is C14H18ClN3O. The van der Waals surface area contributed by atoms with Crippen molar-refractivity contribution in [3.8, 4) is 0 Å². The predicted molar refractivity (Wildman–Crippen MR) is 76.6 cm³/mol. The van der Waals surface area contributed by atoms with E-state index in [2.05, 4.69) is 10.6 Å². The Morgan fingerprint density at radius 3 is 3.00 bits per heavy atom. The number of benzene rings is 1. The molecule has 2 N–H and O–H groups in total. The van der Waals surface area contributed by atoms with Gasteiger partial charge in [-0.05, 0) is 37.4 Å². The fraction of sp³-hybridized carbons (Fsp3) is 0.500. The number of likely N-dealkylation sites (tertiary alicyclic amines) is 1. The Balaban J connectivity index is 1.64. The second kappa shape index (κ2) is 5.39. The molecule has 2 fully saturated rings. The number of fused-ring (bicyclic) bond motifs is 1. The van der Waals surface area contributed by atoms with Crippen molar-refractivity contribution >= 4 is 23.3 Å². The number of carbonyl (C=O) groups excluding carboxylic acids is 1. The SMILES string of the molecule is O=C(Nc1ccccc1Cl)N1CC2CCCNC2C1. The molecule has 2 heterocycles. The van der Waals surface area contributed by atoms with Crippen molar-refractivity contribution in [1.82, 2.24) is 10.2 Å². The smallest absolute Gasteiger partial charge is 0.321 e. The molecule has 0 aromatic heterocycles. The Kier molecular flexibility index (Phi) is 3.62. The largest absolute Gasteiger partial charge is 0.323 e. The number of amides is 2.